The van der Waals surface area contributed by atoms with Crippen molar-refractivity contribution in [3.8, 4) is 0 Å². The van der Waals surface area contributed by atoms with E-state index in [0.29, 0.717) is 0 Å². The number of carboxylic acid groups (broad SMARTS) is 1. The van der Waals surface area contributed by atoms with E-state index in [1.165, 1.54) is 27.8 Å². The smallest absolute Gasteiger partial charge is 0.308 e. The highest BCUT2D eigenvalue weighted by molar-refractivity contribution is 7.92. The number of carboxylic acids is 1. The zero-order valence-electron chi connectivity index (χ0n) is 10.5. The maximum absolute atomic E-state index is 11.6. The Labute approximate surface area is 102 Å². The second kappa shape index (κ2) is 6.00. The molecule has 0 aromatic rings. The van der Waals surface area contributed by atoms with Crippen LogP contribution < -0.4 is 0 Å². The van der Waals surface area contributed by atoms with Crippen LogP contribution in [-0.2, 0) is 19.4 Å². The van der Waals surface area contributed by atoms with Crippen molar-refractivity contribution in [2.45, 2.75) is 26.0 Å². The quantitative estimate of drug-likeness (QED) is 0.729. The molecule has 0 aromatic carbocycles. The predicted octanol–water partition coefficient (Wildman–Crippen LogP) is -0.0113. The summed E-state index contributed by atoms with van der Waals surface area (Å²) in [5.74, 6) is -2.89. The van der Waals surface area contributed by atoms with E-state index in [9.17, 15) is 18.0 Å². The van der Waals surface area contributed by atoms with Crippen LogP contribution in [0.5, 0.6) is 0 Å². The summed E-state index contributed by atoms with van der Waals surface area (Å²) < 4.78 is 23.0. The van der Waals surface area contributed by atoms with Crippen LogP contribution in [0.15, 0.2) is 0 Å². The molecule has 1 N–H and O–H groups in total. The van der Waals surface area contributed by atoms with Crippen LogP contribution in [0.1, 0.15) is 20.8 Å². The number of hydrogen-bond acceptors (Lipinski definition) is 4. The lowest BCUT2D eigenvalue weighted by atomic mass is 10.2. The highest BCUT2D eigenvalue weighted by Gasteiger charge is 2.24. The van der Waals surface area contributed by atoms with Crippen molar-refractivity contribution in [3.63, 3.8) is 0 Å². The Hall–Kier alpha value is -1.11. The number of rotatable bonds is 6. The number of aliphatic carboxylic acids is 1. The van der Waals surface area contributed by atoms with E-state index in [4.69, 9.17) is 5.11 Å². The van der Waals surface area contributed by atoms with Gasteiger partial charge < -0.3 is 10.0 Å². The highest BCUT2D eigenvalue weighted by atomic mass is 32.2. The van der Waals surface area contributed by atoms with Crippen LogP contribution in [0.25, 0.3) is 0 Å². The Morgan fingerprint density at radius 1 is 1.24 bits per heavy atom. The molecule has 17 heavy (non-hydrogen) atoms. The summed E-state index contributed by atoms with van der Waals surface area (Å²) in [6.45, 7) is 4.47. The summed E-state index contributed by atoms with van der Waals surface area (Å²) in [4.78, 5) is 23.3. The first kappa shape index (κ1) is 15.9. The number of amides is 1. The second-order valence-corrected chi connectivity index (χ2v) is 6.93. The first-order valence-electron chi connectivity index (χ1n) is 5.26. The van der Waals surface area contributed by atoms with Gasteiger partial charge in [-0.25, -0.2) is 8.42 Å². The zero-order valence-corrected chi connectivity index (χ0v) is 11.3. The number of sulfone groups is 1. The van der Waals surface area contributed by atoms with Crippen molar-refractivity contribution in [1.82, 2.24) is 4.90 Å². The van der Waals surface area contributed by atoms with Gasteiger partial charge in [0.25, 0.3) is 0 Å². The Bertz CT molecular complexity index is 388. The topological polar surface area (TPSA) is 91.8 Å². The highest BCUT2D eigenvalue weighted by Crippen LogP contribution is 2.04. The molecule has 0 aliphatic heterocycles. The summed E-state index contributed by atoms with van der Waals surface area (Å²) in [6.07, 6.45) is 0. The van der Waals surface area contributed by atoms with Gasteiger partial charge in [-0.1, -0.05) is 6.92 Å². The third-order valence-corrected chi connectivity index (χ3v) is 4.52. The van der Waals surface area contributed by atoms with E-state index in [1.54, 1.807) is 0 Å². The third kappa shape index (κ3) is 5.16. The molecule has 0 aromatic heterocycles. The molecule has 0 aliphatic rings. The minimum atomic E-state index is -3.44. The number of nitrogens with zero attached hydrogens (tertiary/aromatic N) is 1. The van der Waals surface area contributed by atoms with E-state index in [-0.39, 0.29) is 6.54 Å². The fourth-order valence-corrected chi connectivity index (χ4v) is 1.94. The number of carbonyl (C=O) groups is 2. The van der Waals surface area contributed by atoms with Crippen molar-refractivity contribution in [1.29, 1.82) is 0 Å². The summed E-state index contributed by atoms with van der Waals surface area (Å²) in [6, 6.07) is 0. The predicted molar refractivity (Wildman–Crippen MR) is 63.4 cm³/mol. The molecule has 1 atom stereocenters. The molecule has 0 bridgehead atoms. The summed E-state index contributed by atoms with van der Waals surface area (Å²) >= 11 is 0. The molecule has 0 heterocycles. The molecule has 0 fully saturated rings. The minimum Gasteiger partial charge on any atom is -0.481 e. The van der Waals surface area contributed by atoms with Crippen molar-refractivity contribution in [3.05, 3.63) is 0 Å². The maximum atomic E-state index is 11.6. The van der Waals surface area contributed by atoms with Gasteiger partial charge in [-0.3, -0.25) is 9.59 Å². The van der Waals surface area contributed by atoms with Crippen molar-refractivity contribution in [2.24, 2.45) is 5.92 Å². The fraction of sp³-hybridized carbons (Fsp3) is 0.800. The van der Waals surface area contributed by atoms with Gasteiger partial charge in [0.1, 0.15) is 5.75 Å². The van der Waals surface area contributed by atoms with E-state index in [0.717, 1.165) is 4.90 Å². The fourth-order valence-electron chi connectivity index (χ4n) is 1.04. The standard InChI is InChI=1S/C10H19NO5S/c1-7(2)17(15,16)6-9(12)11(4)5-8(3)10(13)14/h7-8H,5-6H2,1-4H3,(H,13,14). The number of hydrogen-bond donors (Lipinski definition) is 1. The molecular weight excluding hydrogens is 246 g/mol. The minimum absolute atomic E-state index is 0.00177. The van der Waals surface area contributed by atoms with Gasteiger partial charge in [0.15, 0.2) is 9.84 Å². The largest absolute Gasteiger partial charge is 0.481 e. The van der Waals surface area contributed by atoms with Gasteiger partial charge in [0, 0.05) is 13.6 Å². The van der Waals surface area contributed by atoms with Crippen LogP contribution in [0, 0.1) is 5.92 Å². The van der Waals surface area contributed by atoms with E-state index >= 15 is 0 Å². The Balaban J connectivity index is 4.49. The maximum Gasteiger partial charge on any atom is 0.308 e. The normalized spacial score (nSPS) is 13.5. The van der Waals surface area contributed by atoms with E-state index in [1.807, 2.05) is 0 Å². The van der Waals surface area contributed by atoms with Crippen molar-refractivity contribution in [2.75, 3.05) is 19.3 Å². The first-order chi connectivity index (χ1) is 7.58. The molecule has 0 saturated heterocycles. The molecular formula is C10H19NO5S. The molecule has 0 saturated carbocycles. The summed E-state index contributed by atoms with van der Waals surface area (Å²) in [7, 11) is -2.04. The summed E-state index contributed by atoms with van der Waals surface area (Å²) in [5, 5.41) is 8.06. The van der Waals surface area contributed by atoms with Gasteiger partial charge in [-0.05, 0) is 13.8 Å². The molecule has 0 aliphatic carbocycles. The molecule has 0 rings (SSSR count). The van der Waals surface area contributed by atoms with Gasteiger partial charge >= 0.3 is 5.97 Å². The lowest BCUT2D eigenvalue weighted by molar-refractivity contribution is -0.142. The lowest BCUT2D eigenvalue weighted by Gasteiger charge is -2.20. The number of carbonyl (C=O) groups excluding carboxylic acids is 1. The Morgan fingerprint density at radius 3 is 2.06 bits per heavy atom. The van der Waals surface area contributed by atoms with Crippen LogP contribution in [0.4, 0.5) is 0 Å². The van der Waals surface area contributed by atoms with Crippen LogP contribution >= 0.6 is 0 Å². The molecule has 6 nitrogen and oxygen atoms in total. The van der Waals surface area contributed by atoms with Crippen molar-refractivity contribution >= 4 is 21.7 Å². The van der Waals surface area contributed by atoms with Crippen LogP contribution in [-0.4, -0.2) is 54.9 Å². The monoisotopic (exact) mass is 265 g/mol. The first-order valence-corrected chi connectivity index (χ1v) is 6.97. The average molecular weight is 265 g/mol. The van der Waals surface area contributed by atoms with Gasteiger partial charge in [-0.2, -0.15) is 0 Å². The SMILES string of the molecule is CC(CN(C)C(=O)CS(=O)(=O)C(C)C)C(=O)O. The second-order valence-electron chi connectivity index (χ2n) is 4.37. The lowest BCUT2D eigenvalue weighted by Crippen LogP contribution is -2.38. The Morgan fingerprint density at radius 2 is 1.71 bits per heavy atom. The zero-order chi connectivity index (χ0) is 13.8. The Kier molecular flexibility index (Phi) is 5.60. The van der Waals surface area contributed by atoms with Crippen LogP contribution in [0.2, 0.25) is 0 Å². The molecule has 1 amide bonds. The molecule has 0 spiro atoms. The molecule has 1 unspecified atom stereocenters. The molecule has 100 valence electrons. The third-order valence-electron chi connectivity index (χ3n) is 2.44. The van der Waals surface area contributed by atoms with Crippen molar-refractivity contribution < 1.29 is 23.1 Å². The van der Waals surface area contributed by atoms with Gasteiger partial charge in [-0.15, -0.1) is 0 Å². The average Bonchev–Trinajstić information content (AvgIpc) is 2.16. The molecule has 7 heteroatoms. The van der Waals surface area contributed by atoms with Gasteiger partial charge in [0.05, 0.1) is 11.2 Å². The van der Waals surface area contributed by atoms with Gasteiger partial charge in [0.2, 0.25) is 5.91 Å². The van der Waals surface area contributed by atoms with E-state index in [2.05, 4.69) is 0 Å². The van der Waals surface area contributed by atoms with E-state index < -0.39 is 38.6 Å². The molecule has 0 radical (unpaired) electrons. The van der Waals surface area contributed by atoms with Crippen LogP contribution in [0.3, 0.4) is 0 Å². The summed E-state index contributed by atoms with van der Waals surface area (Å²) in [5.41, 5.74) is 0.